The zero-order chi connectivity index (χ0) is 15.5. The fourth-order valence-corrected chi connectivity index (χ4v) is 2.98. The van der Waals surface area contributed by atoms with Crippen molar-refractivity contribution in [2.75, 3.05) is 31.2 Å². The number of ether oxygens (including phenoxy) is 1. The molecule has 118 valence electrons. The van der Waals surface area contributed by atoms with Gasteiger partial charge in [0, 0.05) is 19.2 Å². The molecular weight excluding hydrogens is 282 g/mol. The molecule has 6 nitrogen and oxygen atoms in total. The maximum absolute atomic E-state index is 11.3. The van der Waals surface area contributed by atoms with Crippen LogP contribution in [-0.2, 0) is 4.74 Å². The molecule has 1 saturated heterocycles. The first kappa shape index (κ1) is 15.0. The molecular formula is C16H21N3O3. The summed E-state index contributed by atoms with van der Waals surface area (Å²) in [5.41, 5.74) is 2.06. The van der Waals surface area contributed by atoms with E-state index in [-0.39, 0.29) is 10.6 Å². The molecule has 0 radical (unpaired) electrons. The predicted molar refractivity (Wildman–Crippen MR) is 84.9 cm³/mol. The molecule has 3 heterocycles. The summed E-state index contributed by atoms with van der Waals surface area (Å²) in [6.45, 7) is 5.16. The molecule has 2 aliphatic rings. The van der Waals surface area contributed by atoms with Crippen LogP contribution in [0.5, 0.6) is 0 Å². The molecule has 0 aliphatic carbocycles. The summed E-state index contributed by atoms with van der Waals surface area (Å²) < 4.78 is 5.32. The maximum Gasteiger partial charge on any atom is 0.311 e. The number of aromatic nitrogens is 1. The number of hydrogen-bond donors (Lipinski definition) is 0. The van der Waals surface area contributed by atoms with E-state index in [1.165, 1.54) is 0 Å². The second kappa shape index (κ2) is 6.44. The van der Waals surface area contributed by atoms with Crippen LogP contribution in [0.3, 0.4) is 0 Å². The molecule has 0 saturated carbocycles. The van der Waals surface area contributed by atoms with Crippen LogP contribution in [0.4, 0.5) is 11.5 Å². The molecule has 1 aromatic rings. The number of hydrogen-bond acceptors (Lipinski definition) is 5. The van der Waals surface area contributed by atoms with Crippen LogP contribution >= 0.6 is 0 Å². The molecule has 0 aromatic carbocycles. The van der Waals surface area contributed by atoms with Crippen LogP contribution in [0.15, 0.2) is 18.2 Å². The summed E-state index contributed by atoms with van der Waals surface area (Å²) in [4.78, 5) is 17.7. The van der Waals surface area contributed by atoms with Gasteiger partial charge in [-0.1, -0.05) is 13.0 Å². The molecule has 2 aliphatic heterocycles. The first-order valence-electron chi connectivity index (χ1n) is 7.82. The van der Waals surface area contributed by atoms with Crippen molar-refractivity contribution in [3.63, 3.8) is 0 Å². The standard InChI is InChI=1S/C16H21N3O3/c1-12-4-8-18(9-5-12)16-15(19(20)21)3-2-14(17-16)13-6-10-22-11-7-13/h2-3,6,12H,4-5,7-11H2,1H3. The van der Waals surface area contributed by atoms with E-state index in [0.29, 0.717) is 24.9 Å². The Bertz CT molecular complexity index is 592. The van der Waals surface area contributed by atoms with E-state index < -0.39 is 0 Å². The Balaban J connectivity index is 1.94. The summed E-state index contributed by atoms with van der Waals surface area (Å²) in [5, 5.41) is 11.3. The number of pyridine rings is 1. The summed E-state index contributed by atoms with van der Waals surface area (Å²) in [7, 11) is 0. The number of anilines is 1. The lowest BCUT2D eigenvalue weighted by molar-refractivity contribution is -0.384. The number of piperidine rings is 1. The smallest absolute Gasteiger partial charge is 0.311 e. The average molecular weight is 303 g/mol. The molecule has 6 heteroatoms. The van der Waals surface area contributed by atoms with Crippen molar-refractivity contribution in [3.05, 3.63) is 34.0 Å². The van der Waals surface area contributed by atoms with Gasteiger partial charge in [0.1, 0.15) is 0 Å². The van der Waals surface area contributed by atoms with E-state index in [0.717, 1.165) is 43.6 Å². The monoisotopic (exact) mass is 303 g/mol. The Labute approximate surface area is 129 Å². The van der Waals surface area contributed by atoms with Gasteiger partial charge >= 0.3 is 5.69 Å². The van der Waals surface area contributed by atoms with Crippen LogP contribution < -0.4 is 4.90 Å². The van der Waals surface area contributed by atoms with Crippen LogP contribution in [-0.4, -0.2) is 36.2 Å². The van der Waals surface area contributed by atoms with Gasteiger partial charge in [-0.3, -0.25) is 10.1 Å². The highest BCUT2D eigenvalue weighted by atomic mass is 16.6. The number of nitrogens with zero attached hydrogens (tertiary/aromatic N) is 3. The lowest BCUT2D eigenvalue weighted by Crippen LogP contribution is -2.34. The van der Waals surface area contributed by atoms with Gasteiger partial charge in [0.25, 0.3) is 0 Å². The van der Waals surface area contributed by atoms with E-state index in [2.05, 4.69) is 16.8 Å². The van der Waals surface area contributed by atoms with Gasteiger partial charge in [-0.05, 0) is 36.8 Å². The van der Waals surface area contributed by atoms with Gasteiger partial charge in [0.2, 0.25) is 5.82 Å². The molecule has 0 N–H and O–H groups in total. The van der Waals surface area contributed by atoms with Crippen molar-refractivity contribution in [2.24, 2.45) is 5.92 Å². The van der Waals surface area contributed by atoms with Gasteiger partial charge < -0.3 is 9.64 Å². The summed E-state index contributed by atoms with van der Waals surface area (Å²) in [5.74, 6) is 1.19. The predicted octanol–water partition coefficient (Wildman–Crippen LogP) is 3.03. The molecule has 22 heavy (non-hydrogen) atoms. The third-order valence-electron chi connectivity index (χ3n) is 4.43. The van der Waals surface area contributed by atoms with Crippen LogP contribution in [0, 0.1) is 16.0 Å². The summed E-state index contributed by atoms with van der Waals surface area (Å²) in [6, 6.07) is 3.34. The molecule has 3 rings (SSSR count). The van der Waals surface area contributed by atoms with Crippen molar-refractivity contribution >= 4 is 17.1 Å². The van der Waals surface area contributed by atoms with E-state index in [4.69, 9.17) is 4.74 Å². The summed E-state index contributed by atoms with van der Waals surface area (Å²) in [6.07, 6.45) is 4.93. The topological polar surface area (TPSA) is 68.5 Å². The highest BCUT2D eigenvalue weighted by Gasteiger charge is 2.25. The third-order valence-corrected chi connectivity index (χ3v) is 4.43. The van der Waals surface area contributed by atoms with Crippen molar-refractivity contribution in [3.8, 4) is 0 Å². The van der Waals surface area contributed by atoms with Crippen molar-refractivity contribution in [2.45, 2.75) is 26.2 Å². The number of nitro groups is 1. The zero-order valence-electron chi connectivity index (χ0n) is 12.8. The van der Waals surface area contributed by atoms with E-state index >= 15 is 0 Å². The Morgan fingerprint density at radius 1 is 1.36 bits per heavy atom. The molecule has 0 unspecified atom stereocenters. The third kappa shape index (κ3) is 3.11. The minimum Gasteiger partial charge on any atom is -0.377 e. The lowest BCUT2D eigenvalue weighted by Gasteiger charge is -2.31. The normalized spacial score (nSPS) is 19.9. The second-order valence-corrected chi connectivity index (χ2v) is 6.02. The largest absolute Gasteiger partial charge is 0.377 e. The van der Waals surface area contributed by atoms with E-state index in [9.17, 15) is 10.1 Å². The van der Waals surface area contributed by atoms with Crippen molar-refractivity contribution < 1.29 is 9.66 Å². The molecule has 0 spiro atoms. The Morgan fingerprint density at radius 3 is 2.77 bits per heavy atom. The maximum atomic E-state index is 11.3. The van der Waals surface area contributed by atoms with Crippen molar-refractivity contribution in [1.29, 1.82) is 0 Å². The van der Waals surface area contributed by atoms with E-state index in [1.807, 2.05) is 6.08 Å². The highest BCUT2D eigenvalue weighted by molar-refractivity contribution is 5.68. The van der Waals surface area contributed by atoms with E-state index in [1.54, 1.807) is 12.1 Å². The Morgan fingerprint density at radius 2 is 2.14 bits per heavy atom. The van der Waals surface area contributed by atoms with Gasteiger partial charge in [-0.15, -0.1) is 0 Å². The molecule has 1 fully saturated rings. The first-order chi connectivity index (χ1) is 10.6. The number of rotatable bonds is 3. The first-order valence-corrected chi connectivity index (χ1v) is 7.82. The van der Waals surface area contributed by atoms with Gasteiger partial charge in [0.15, 0.2) is 0 Å². The molecule has 0 amide bonds. The van der Waals surface area contributed by atoms with Gasteiger partial charge in [0.05, 0.1) is 23.8 Å². The quantitative estimate of drug-likeness (QED) is 0.634. The molecule has 0 bridgehead atoms. The van der Waals surface area contributed by atoms with Crippen LogP contribution in [0.1, 0.15) is 31.9 Å². The minimum atomic E-state index is -0.331. The van der Waals surface area contributed by atoms with Crippen LogP contribution in [0.2, 0.25) is 0 Å². The Kier molecular flexibility index (Phi) is 4.38. The Hall–Kier alpha value is -1.95. The fraction of sp³-hybridized carbons (Fsp3) is 0.562. The van der Waals surface area contributed by atoms with Gasteiger partial charge in [-0.2, -0.15) is 0 Å². The van der Waals surface area contributed by atoms with Crippen LogP contribution in [0.25, 0.3) is 5.57 Å². The average Bonchev–Trinajstić information content (AvgIpc) is 2.56. The summed E-state index contributed by atoms with van der Waals surface area (Å²) >= 11 is 0. The zero-order valence-corrected chi connectivity index (χ0v) is 12.8. The van der Waals surface area contributed by atoms with Gasteiger partial charge in [-0.25, -0.2) is 4.98 Å². The molecule has 1 aromatic heterocycles. The SMILES string of the molecule is CC1CCN(c2nc(C3=CCOCC3)ccc2[N+](=O)[O-])CC1. The fourth-order valence-electron chi connectivity index (χ4n) is 2.98. The lowest BCUT2D eigenvalue weighted by atomic mass is 9.99. The highest BCUT2D eigenvalue weighted by Crippen LogP contribution is 2.32. The van der Waals surface area contributed by atoms with Crippen molar-refractivity contribution in [1.82, 2.24) is 4.98 Å². The molecule has 0 atom stereocenters. The minimum absolute atomic E-state index is 0.103. The second-order valence-electron chi connectivity index (χ2n) is 6.02.